The second-order valence-electron chi connectivity index (χ2n) is 2.65. The predicted octanol–water partition coefficient (Wildman–Crippen LogP) is 1.16. The lowest BCUT2D eigenvalue weighted by molar-refractivity contribution is -0.132. The Morgan fingerprint density at radius 2 is 2.00 bits per heavy atom. The standard InChI is InChI=1S/C10H11NO2/c11-9(10(12)13)7-6-8-4-2-1-3-5-8/h1-5,7H,6,11H2,(H,12,13). The summed E-state index contributed by atoms with van der Waals surface area (Å²) in [6, 6.07) is 9.56. The molecule has 0 spiro atoms. The zero-order valence-corrected chi connectivity index (χ0v) is 7.10. The molecule has 0 atom stereocenters. The number of rotatable bonds is 3. The third-order valence-corrected chi connectivity index (χ3v) is 1.65. The maximum atomic E-state index is 10.3. The van der Waals surface area contributed by atoms with Gasteiger partial charge in [0.05, 0.1) is 0 Å². The van der Waals surface area contributed by atoms with Crippen LogP contribution in [0.1, 0.15) is 5.56 Å². The van der Waals surface area contributed by atoms with E-state index in [1.54, 1.807) is 0 Å². The highest BCUT2D eigenvalue weighted by Crippen LogP contribution is 2.00. The molecule has 1 rings (SSSR count). The van der Waals surface area contributed by atoms with Crippen LogP contribution in [0.2, 0.25) is 0 Å². The number of aliphatic carboxylic acids is 1. The molecule has 68 valence electrons. The van der Waals surface area contributed by atoms with Crippen LogP contribution in [0.15, 0.2) is 42.1 Å². The van der Waals surface area contributed by atoms with Crippen molar-refractivity contribution in [2.45, 2.75) is 6.42 Å². The fraction of sp³-hybridized carbons (Fsp3) is 0.100. The van der Waals surface area contributed by atoms with Crippen LogP contribution in [0, 0.1) is 0 Å². The van der Waals surface area contributed by atoms with E-state index in [9.17, 15) is 4.79 Å². The number of benzene rings is 1. The van der Waals surface area contributed by atoms with Crippen LogP contribution in [-0.2, 0) is 11.2 Å². The molecule has 3 nitrogen and oxygen atoms in total. The lowest BCUT2D eigenvalue weighted by Gasteiger charge is -1.95. The van der Waals surface area contributed by atoms with Crippen molar-refractivity contribution in [1.82, 2.24) is 0 Å². The van der Waals surface area contributed by atoms with E-state index >= 15 is 0 Å². The van der Waals surface area contributed by atoms with Crippen LogP contribution < -0.4 is 5.73 Å². The van der Waals surface area contributed by atoms with E-state index in [1.165, 1.54) is 6.08 Å². The third-order valence-electron chi connectivity index (χ3n) is 1.65. The van der Waals surface area contributed by atoms with Gasteiger partial charge in [-0.05, 0) is 18.1 Å². The van der Waals surface area contributed by atoms with Crippen LogP contribution >= 0.6 is 0 Å². The van der Waals surface area contributed by atoms with Crippen LogP contribution in [0.5, 0.6) is 0 Å². The predicted molar refractivity (Wildman–Crippen MR) is 50.1 cm³/mol. The van der Waals surface area contributed by atoms with Crippen molar-refractivity contribution in [3.8, 4) is 0 Å². The highest BCUT2D eigenvalue weighted by Gasteiger charge is 1.98. The summed E-state index contributed by atoms with van der Waals surface area (Å²) < 4.78 is 0. The van der Waals surface area contributed by atoms with Gasteiger partial charge in [0, 0.05) is 0 Å². The molecule has 0 saturated heterocycles. The van der Waals surface area contributed by atoms with E-state index in [2.05, 4.69) is 0 Å². The summed E-state index contributed by atoms with van der Waals surface area (Å²) in [6.45, 7) is 0. The molecule has 3 N–H and O–H groups in total. The number of allylic oxidation sites excluding steroid dienone is 1. The van der Waals surface area contributed by atoms with Gasteiger partial charge in [-0.15, -0.1) is 0 Å². The molecular formula is C10H11NO2. The van der Waals surface area contributed by atoms with Gasteiger partial charge in [-0.3, -0.25) is 0 Å². The maximum absolute atomic E-state index is 10.3. The van der Waals surface area contributed by atoms with Gasteiger partial charge in [-0.2, -0.15) is 0 Å². The van der Waals surface area contributed by atoms with Gasteiger partial charge in [0.1, 0.15) is 5.70 Å². The topological polar surface area (TPSA) is 63.3 Å². The molecule has 0 saturated carbocycles. The smallest absolute Gasteiger partial charge is 0.351 e. The molecular weight excluding hydrogens is 166 g/mol. The quantitative estimate of drug-likeness (QED) is 0.681. The minimum absolute atomic E-state index is 0.108. The van der Waals surface area contributed by atoms with Crippen molar-refractivity contribution >= 4 is 5.97 Å². The van der Waals surface area contributed by atoms with Crippen molar-refractivity contribution in [1.29, 1.82) is 0 Å². The van der Waals surface area contributed by atoms with Crippen molar-refractivity contribution in [3.05, 3.63) is 47.7 Å². The fourth-order valence-corrected chi connectivity index (χ4v) is 0.929. The molecule has 0 unspecified atom stereocenters. The summed E-state index contributed by atoms with van der Waals surface area (Å²) in [5, 5.41) is 8.47. The van der Waals surface area contributed by atoms with Crippen molar-refractivity contribution < 1.29 is 9.90 Å². The summed E-state index contributed by atoms with van der Waals surface area (Å²) in [5.41, 5.74) is 6.17. The fourth-order valence-electron chi connectivity index (χ4n) is 0.929. The average Bonchev–Trinajstić information content (AvgIpc) is 2.15. The SMILES string of the molecule is NC(=CCc1ccccc1)C(=O)O. The number of hydrogen-bond donors (Lipinski definition) is 2. The first kappa shape index (κ1) is 9.32. The first-order valence-electron chi connectivity index (χ1n) is 3.93. The largest absolute Gasteiger partial charge is 0.477 e. The van der Waals surface area contributed by atoms with Gasteiger partial charge in [-0.1, -0.05) is 30.3 Å². The number of carboxylic acids is 1. The summed E-state index contributed by atoms with van der Waals surface area (Å²) in [4.78, 5) is 10.3. The lowest BCUT2D eigenvalue weighted by Crippen LogP contribution is -2.09. The molecule has 1 aromatic carbocycles. The van der Waals surface area contributed by atoms with Crippen molar-refractivity contribution in [2.24, 2.45) is 5.73 Å². The van der Waals surface area contributed by atoms with Gasteiger partial charge >= 0.3 is 5.97 Å². The number of nitrogens with two attached hydrogens (primary N) is 1. The van der Waals surface area contributed by atoms with E-state index in [4.69, 9.17) is 10.8 Å². The Morgan fingerprint density at radius 3 is 2.54 bits per heavy atom. The average molecular weight is 177 g/mol. The lowest BCUT2D eigenvalue weighted by atomic mass is 10.1. The highest BCUT2D eigenvalue weighted by atomic mass is 16.4. The summed E-state index contributed by atoms with van der Waals surface area (Å²) in [7, 11) is 0. The van der Waals surface area contributed by atoms with Gasteiger partial charge in [0.15, 0.2) is 0 Å². The Labute approximate surface area is 76.5 Å². The molecule has 0 radical (unpaired) electrons. The summed E-state index contributed by atoms with van der Waals surface area (Å²) >= 11 is 0. The van der Waals surface area contributed by atoms with Crippen molar-refractivity contribution in [3.63, 3.8) is 0 Å². The Balaban J connectivity index is 2.62. The van der Waals surface area contributed by atoms with Gasteiger partial charge in [0.2, 0.25) is 0 Å². The van der Waals surface area contributed by atoms with Crippen LogP contribution in [-0.4, -0.2) is 11.1 Å². The maximum Gasteiger partial charge on any atom is 0.351 e. The molecule has 0 aliphatic carbocycles. The molecule has 1 aromatic rings. The van der Waals surface area contributed by atoms with Crippen LogP contribution in [0.25, 0.3) is 0 Å². The van der Waals surface area contributed by atoms with Gasteiger partial charge in [-0.25, -0.2) is 4.79 Å². The molecule has 0 aromatic heterocycles. The van der Waals surface area contributed by atoms with Crippen LogP contribution in [0.4, 0.5) is 0 Å². The first-order chi connectivity index (χ1) is 6.20. The molecule has 0 heterocycles. The molecule has 0 amide bonds. The molecule has 0 aliphatic rings. The second-order valence-corrected chi connectivity index (χ2v) is 2.65. The van der Waals surface area contributed by atoms with E-state index in [-0.39, 0.29) is 5.70 Å². The normalized spacial score (nSPS) is 11.2. The zero-order valence-electron chi connectivity index (χ0n) is 7.10. The first-order valence-corrected chi connectivity index (χ1v) is 3.93. The number of carbonyl (C=O) groups is 1. The minimum atomic E-state index is -1.07. The Kier molecular flexibility index (Phi) is 3.09. The molecule has 13 heavy (non-hydrogen) atoms. The van der Waals surface area contributed by atoms with E-state index in [1.807, 2.05) is 30.3 Å². The highest BCUT2D eigenvalue weighted by molar-refractivity contribution is 5.85. The third kappa shape index (κ3) is 2.99. The summed E-state index contributed by atoms with van der Waals surface area (Å²) in [6.07, 6.45) is 2.05. The summed E-state index contributed by atoms with van der Waals surface area (Å²) in [5.74, 6) is -1.07. The molecule has 0 fully saturated rings. The van der Waals surface area contributed by atoms with E-state index in [0.717, 1.165) is 5.56 Å². The molecule has 0 bridgehead atoms. The van der Waals surface area contributed by atoms with E-state index in [0.29, 0.717) is 6.42 Å². The van der Waals surface area contributed by atoms with Crippen LogP contribution in [0.3, 0.4) is 0 Å². The van der Waals surface area contributed by atoms with Crippen molar-refractivity contribution in [2.75, 3.05) is 0 Å². The molecule has 0 aliphatic heterocycles. The second kappa shape index (κ2) is 4.30. The van der Waals surface area contributed by atoms with Gasteiger partial charge < -0.3 is 10.8 Å². The Morgan fingerprint density at radius 1 is 1.38 bits per heavy atom. The van der Waals surface area contributed by atoms with E-state index < -0.39 is 5.97 Å². The minimum Gasteiger partial charge on any atom is -0.477 e. The monoisotopic (exact) mass is 177 g/mol. The number of hydrogen-bond acceptors (Lipinski definition) is 2. The van der Waals surface area contributed by atoms with Gasteiger partial charge in [0.25, 0.3) is 0 Å². The Hall–Kier alpha value is -1.77. The Bertz CT molecular complexity index is 317. The zero-order chi connectivity index (χ0) is 9.68. The molecule has 3 heteroatoms. The number of carboxylic acid groups (broad SMARTS) is 1.